The number of pyridine rings is 1. The van der Waals surface area contributed by atoms with Crippen LogP contribution in [0.3, 0.4) is 0 Å². The van der Waals surface area contributed by atoms with Gasteiger partial charge in [-0.25, -0.2) is 31.7 Å². The Kier molecular flexibility index (Phi) is 7.58. The van der Waals surface area contributed by atoms with E-state index in [0.717, 1.165) is 15.7 Å². The average molecular weight is 592 g/mol. The zero-order valence-corrected chi connectivity index (χ0v) is 24.6. The van der Waals surface area contributed by atoms with Crippen LogP contribution in [-0.2, 0) is 19.6 Å². The van der Waals surface area contributed by atoms with Crippen molar-refractivity contribution in [3.8, 4) is 22.8 Å². The quantitative estimate of drug-likeness (QED) is 0.222. The number of esters is 1. The number of benzene rings is 1. The second-order valence-corrected chi connectivity index (χ2v) is 12.8. The van der Waals surface area contributed by atoms with E-state index in [0.29, 0.717) is 17.3 Å². The van der Waals surface area contributed by atoms with E-state index in [4.69, 9.17) is 9.15 Å². The first kappa shape index (κ1) is 28.9. The molecule has 0 amide bonds. The van der Waals surface area contributed by atoms with E-state index in [1.807, 2.05) is 27.7 Å². The Morgan fingerprint density at radius 3 is 2.52 bits per heavy atom. The number of carbonyl (C=O) groups excluding carboxylic acids is 1. The SMILES string of the molecule is COC(=O)CC(Nc1cc(-c2ccco2)nc(-c2cn(S(=O)(=O)c3ccc(C)cc3)c3ncc(F)cc23)n1)C(C)(C)C. The fourth-order valence-corrected chi connectivity index (χ4v) is 5.76. The number of fused-ring (bicyclic) bond motifs is 1. The van der Waals surface area contributed by atoms with Crippen LogP contribution < -0.4 is 5.32 Å². The molecule has 0 bridgehead atoms. The van der Waals surface area contributed by atoms with Gasteiger partial charge in [-0.2, -0.15) is 0 Å². The molecule has 42 heavy (non-hydrogen) atoms. The molecule has 218 valence electrons. The fraction of sp³-hybridized carbons (Fsp3) is 0.267. The molecule has 0 fully saturated rings. The summed E-state index contributed by atoms with van der Waals surface area (Å²) in [4.78, 5) is 25.7. The van der Waals surface area contributed by atoms with Gasteiger partial charge in [0.25, 0.3) is 10.0 Å². The summed E-state index contributed by atoms with van der Waals surface area (Å²) in [6.45, 7) is 7.78. The number of nitrogens with zero attached hydrogens (tertiary/aromatic N) is 4. The predicted molar refractivity (Wildman–Crippen MR) is 156 cm³/mol. The number of furan rings is 1. The van der Waals surface area contributed by atoms with Crippen LogP contribution in [0.25, 0.3) is 33.9 Å². The highest BCUT2D eigenvalue weighted by Crippen LogP contribution is 2.34. The molecule has 10 nitrogen and oxygen atoms in total. The molecule has 1 atom stereocenters. The lowest BCUT2D eigenvalue weighted by Crippen LogP contribution is -2.36. The number of aromatic nitrogens is 4. The van der Waals surface area contributed by atoms with E-state index in [-0.39, 0.29) is 45.2 Å². The van der Waals surface area contributed by atoms with Crippen molar-refractivity contribution in [3.63, 3.8) is 0 Å². The van der Waals surface area contributed by atoms with E-state index in [9.17, 15) is 17.6 Å². The van der Waals surface area contributed by atoms with Crippen LogP contribution in [-0.4, -0.2) is 46.5 Å². The Bertz CT molecular complexity index is 1860. The standard InChI is InChI=1S/C30H30FN5O5S/c1-18-8-10-20(11-9-18)42(38,39)36-17-22(21-13-19(31)16-32-29(21)36)28-33-23(24-7-6-12-41-24)14-26(35-28)34-25(30(2,3)4)15-27(37)40-5/h6-14,16-17,25H,15H2,1-5H3,(H,33,34,35). The summed E-state index contributed by atoms with van der Waals surface area (Å²) in [6, 6.07) is 12.3. The number of ether oxygens (including phenoxy) is 1. The molecule has 0 aliphatic rings. The lowest BCUT2D eigenvalue weighted by molar-refractivity contribution is -0.141. The van der Waals surface area contributed by atoms with Crippen molar-refractivity contribution in [2.45, 2.75) is 45.1 Å². The van der Waals surface area contributed by atoms with Crippen molar-refractivity contribution >= 4 is 32.8 Å². The highest BCUT2D eigenvalue weighted by atomic mass is 32.2. The zero-order chi connectivity index (χ0) is 30.2. The van der Waals surface area contributed by atoms with Gasteiger partial charge in [0.05, 0.1) is 30.9 Å². The van der Waals surface area contributed by atoms with Crippen molar-refractivity contribution in [1.29, 1.82) is 0 Å². The van der Waals surface area contributed by atoms with Crippen molar-refractivity contribution in [3.05, 3.63) is 78.6 Å². The molecule has 1 aromatic carbocycles. The maximum absolute atomic E-state index is 14.5. The third-order valence-corrected chi connectivity index (χ3v) is 8.53. The molecule has 0 saturated heterocycles. The van der Waals surface area contributed by atoms with E-state index in [1.54, 1.807) is 30.3 Å². The summed E-state index contributed by atoms with van der Waals surface area (Å²) in [5, 5.41) is 3.52. The number of carbonyl (C=O) groups is 1. The third-order valence-electron chi connectivity index (χ3n) is 6.86. The first-order valence-electron chi connectivity index (χ1n) is 13.1. The Morgan fingerprint density at radius 2 is 1.88 bits per heavy atom. The number of hydrogen-bond donors (Lipinski definition) is 1. The predicted octanol–water partition coefficient (Wildman–Crippen LogP) is 5.83. The van der Waals surface area contributed by atoms with Crippen LogP contribution in [0.2, 0.25) is 0 Å². The van der Waals surface area contributed by atoms with Crippen LogP contribution in [0.4, 0.5) is 10.2 Å². The van der Waals surface area contributed by atoms with Gasteiger partial charge < -0.3 is 14.5 Å². The van der Waals surface area contributed by atoms with Crippen LogP contribution in [0.5, 0.6) is 0 Å². The van der Waals surface area contributed by atoms with Gasteiger partial charge in [-0.3, -0.25) is 4.79 Å². The van der Waals surface area contributed by atoms with Crippen molar-refractivity contribution in [1.82, 2.24) is 18.9 Å². The Morgan fingerprint density at radius 1 is 1.14 bits per heavy atom. The second-order valence-electron chi connectivity index (χ2n) is 11.0. The minimum absolute atomic E-state index is 0.0201. The van der Waals surface area contributed by atoms with Crippen molar-refractivity contribution < 1.29 is 26.8 Å². The van der Waals surface area contributed by atoms with Crippen molar-refractivity contribution in [2.75, 3.05) is 12.4 Å². The molecule has 5 aromatic rings. The van der Waals surface area contributed by atoms with Crippen LogP contribution in [0.15, 0.2) is 76.5 Å². The van der Waals surface area contributed by atoms with Gasteiger partial charge in [0.2, 0.25) is 0 Å². The molecule has 0 aliphatic heterocycles. The first-order chi connectivity index (χ1) is 19.9. The Labute approximate surface area is 242 Å². The lowest BCUT2D eigenvalue weighted by Gasteiger charge is -2.31. The van der Waals surface area contributed by atoms with E-state index >= 15 is 0 Å². The lowest BCUT2D eigenvalue weighted by atomic mass is 9.84. The Balaban J connectivity index is 1.70. The van der Waals surface area contributed by atoms with E-state index in [1.165, 1.54) is 37.8 Å². The summed E-state index contributed by atoms with van der Waals surface area (Å²) in [7, 11) is -2.78. The van der Waals surface area contributed by atoms with E-state index in [2.05, 4.69) is 20.3 Å². The number of aryl methyl sites for hydroxylation is 1. The third kappa shape index (κ3) is 5.75. The molecule has 4 aromatic heterocycles. The van der Waals surface area contributed by atoms with Gasteiger partial charge in [-0.15, -0.1) is 0 Å². The van der Waals surface area contributed by atoms with Crippen LogP contribution in [0.1, 0.15) is 32.8 Å². The summed E-state index contributed by atoms with van der Waals surface area (Å²) >= 11 is 0. The first-order valence-corrected chi connectivity index (χ1v) is 14.6. The summed E-state index contributed by atoms with van der Waals surface area (Å²) < 4.78 is 53.4. The number of methoxy groups -OCH3 is 1. The minimum Gasteiger partial charge on any atom is -0.469 e. The summed E-state index contributed by atoms with van der Waals surface area (Å²) in [5.74, 6) is -0.161. The van der Waals surface area contributed by atoms with Gasteiger partial charge >= 0.3 is 5.97 Å². The van der Waals surface area contributed by atoms with Gasteiger partial charge in [0.15, 0.2) is 17.2 Å². The minimum atomic E-state index is -4.11. The Hall–Kier alpha value is -4.58. The largest absolute Gasteiger partial charge is 0.469 e. The average Bonchev–Trinajstić information content (AvgIpc) is 3.61. The number of rotatable bonds is 8. The van der Waals surface area contributed by atoms with Crippen molar-refractivity contribution in [2.24, 2.45) is 5.41 Å². The number of halogens is 1. The molecule has 1 N–H and O–H groups in total. The summed E-state index contributed by atoms with van der Waals surface area (Å²) in [6.07, 6.45) is 3.87. The van der Waals surface area contributed by atoms with Gasteiger partial charge in [0.1, 0.15) is 17.3 Å². The molecule has 5 rings (SSSR count). The molecule has 0 spiro atoms. The maximum Gasteiger partial charge on any atom is 0.307 e. The number of anilines is 1. The molecule has 12 heteroatoms. The highest BCUT2D eigenvalue weighted by Gasteiger charge is 2.29. The van der Waals surface area contributed by atoms with Crippen LogP contribution in [0, 0.1) is 18.2 Å². The highest BCUT2D eigenvalue weighted by molar-refractivity contribution is 7.90. The number of hydrogen-bond acceptors (Lipinski definition) is 9. The molecular formula is C30H30FN5O5S. The van der Waals surface area contributed by atoms with Gasteiger partial charge in [0, 0.05) is 29.3 Å². The molecule has 4 heterocycles. The molecule has 0 saturated carbocycles. The second kappa shape index (κ2) is 11.0. The molecule has 0 aliphatic carbocycles. The maximum atomic E-state index is 14.5. The zero-order valence-electron chi connectivity index (χ0n) is 23.8. The smallest absolute Gasteiger partial charge is 0.307 e. The van der Waals surface area contributed by atoms with Gasteiger partial charge in [-0.05, 0) is 42.7 Å². The summed E-state index contributed by atoms with van der Waals surface area (Å²) in [5.41, 5.74) is 1.17. The number of nitrogens with one attached hydrogen (secondary N) is 1. The monoisotopic (exact) mass is 591 g/mol. The fourth-order valence-electron chi connectivity index (χ4n) is 4.43. The van der Waals surface area contributed by atoms with Crippen LogP contribution >= 0.6 is 0 Å². The van der Waals surface area contributed by atoms with E-state index < -0.39 is 21.8 Å². The molecular weight excluding hydrogens is 561 g/mol. The molecule has 1 unspecified atom stereocenters. The normalized spacial score (nSPS) is 12.8. The molecule has 0 radical (unpaired) electrons. The topological polar surface area (TPSA) is 129 Å². The van der Waals surface area contributed by atoms with Gasteiger partial charge in [-0.1, -0.05) is 38.5 Å².